The molecule has 2 N–H and O–H groups in total. The summed E-state index contributed by atoms with van der Waals surface area (Å²) in [6.07, 6.45) is 0. The number of rotatable bonds is 3. The van der Waals surface area contributed by atoms with Crippen molar-refractivity contribution in [1.29, 1.82) is 0 Å². The molecule has 0 saturated heterocycles. The highest BCUT2D eigenvalue weighted by Gasteiger charge is 2.12. The lowest BCUT2D eigenvalue weighted by atomic mass is 10.1. The smallest absolute Gasteiger partial charge is 0.171 e. The number of hydrogen-bond acceptors (Lipinski definition) is 2. The molecule has 0 amide bonds. The highest BCUT2D eigenvalue weighted by atomic mass is 32.1. The summed E-state index contributed by atoms with van der Waals surface area (Å²) in [6, 6.07) is 24.5. The molecule has 0 aliphatic heterocycles. The molecule has 3 nitrogen and oxygen atoms in total. The maximum atomic E-state index is 5.89. The molecule has 0 unspecified atom stereocenters. The fourth-order valence-electron chi connectivity index (χ4n) is 2.92. The first-order valence-electron chi connectivity index (χ1n) is 8.24. The van der Waals surface area contributed by atoms with E-state index in [0.717, 1.165) is 22.4 Å². The van der Waals surface area contributed by atoms with Gasteiger partial charge in [-0.2, -0.15) is 0 Å². The summed E-state index contributed by atoms with van der Waals surface area (Å²) in [6.45, 7) is 2.03. The van der Waals surface area contributed by atoms with Crippen molar-refractivity contribution in [2.75, 3.05) is 5.32 Å². The molecule has 0 radical (unpaired) electrons. The molecular formula is C21H18N2OS. The lowest BCUT2D eigenvalue weighted by molar-refractivity contribution is 0.493. The van der Waals surface area contributed by atoms with Gasteiger partial charge in [-0.1, -0.05) is 48.5 Å². The molecule has 1 heterocycles. The maximum absolute atomic E-state index is 5.89. The van der Waals surface area contributed by atoms with Crippen LogP contribution in [0.1, 0.15) is 18.7 Å². The molecule has 1 atom stereocenters. The van der Waals surface area contributed by atoms with Crippen LogP contribution in [0.5, 0.6) is 0 Å². The second kappa shape index (κ2) is 6.57. The summed E-state index contributed by atoms with van der Waals surface area (Å²) >= 11 is 5.45. The Morgan fingerprint density at radius 2 is 1.60 bits per heavy atom. The Kier molecular flexibility index (Phi) is 4.12. The Hall–Kier alpha value is -2.85. The third-order valence-electron chi connectivity index (χ3n) is 4.23. The summed E-state index contributed by atoms with van der Waals surface area (Å²) < 4.78 is 5.89. The Balaban J connectivity index is 1.46. The van der Waals surface area contributed by atoms with E-state index in [1.807, 2.05) is 55.5 Å². The summed E-state index contributed by atoms with van der Waals surface area (Å²) in [5.41, 5.74) is 1.85. The van der Waals surface area contributed by atoms with Crippen molar-refractivity contribution in [3.63, 3.8) is 0 Å². The number of benzene rings is 3. The SMILES string of the molecule is C[C@H](NC(=S)Nc1ccc2ccccc2c1)c1cc2ccccc2o1. The molecule has 1 aromatic heterocycles. The molecule has 4 aromatic rings. The first-order valence-corrected chi connectivity index (χ1v) is 8.65. The predicted molar refractivity (Wildman–Crippen MR) is 108 cm³/mol. The van der Waals surface area contributed by atoms with Gasteiger partial charge in [-0.25, -0.2) is 0 Å². The summed E-state index contributed by atoms with van der Waals surface area (Å²) in [5, 5.41) is 10.6. The molecule has 0 bridgehead atoms. The number of nitrogens with one attached hydrogen (secondary N) is 2. The van der Waals surface area contributed by atoms with Crippen LogP contribution in [0.2, 0.25) is 0 Å². The van der Waals surface area contributed by atoms with E-state index in [1.54, 1.807) is 0 Å². The lowest BCUT2D eigenvalue weighted by Gasteiger charge is -2.15. The van der Waals surface area contributed by atoms with Crippen LogP contribution < -0.4 is 10.6 Å². The molecule has 4 heteroatoms. The van der Waals surface area contributed by atoms with Gasteiger partial charge >= 0.3 is 0 Å². The molecule has 0 saturated carbocycles. The monoisotopic (exact) mass is 346 g/mol. The van der Waals surface area contributed by atoms with Gasteiger partial charge in [-0.3, -0.25) is 0 Å². The van der Waals surface area contributed by atoms with E-state index in [9.17, 15) is 0 Å². The molecule has 124 valence electrons. The van der Waals surface area contributed by atoms with Gasteiger partial charge in [0.1, 0.15) is 11.3 Å². The Labute approximate surface area is 151 Å². The number of para-hydroxylation sites is 1. The van der Waals surface area contributed by atoms with Crippen LogP contribution >= 0.6 is 12.2 Å². The van der Waals surface area contributed by atoms with Crippen LogP contribution in [0.25, 0.3) is 21.7 Å². The minimum Gasteiger partial charge on any atom is -0.459 e. The molecule has 0 spiro atoms. The van der Waals surface area contributed by atoms with Gasteiger partial charge < -0.3 is 15.1 Å². The normalized spacial score (nSPS) is 12.2. The number of thiocarbonyl (C=S) groups is 1. The molecule has 0 aliphatic carbocycles. The molecule has 0 aliphatic rings. The lowest BCUT2D eigenvalue weighted by Crippen LogP contribution is -2.30. The van der Waals surface area contributed by atoms with E-state index in [1.165, 1.54) is 10.8 Å². The Morgan fingerprint density at radius 3 is 2.40 bits per heavy atom. The summed E-state index contributed by atoms with van der Waals surface area (Å²) in [5.74, 6) is 0.865. The van der Waals surface area contributed by atoms with Crippen molar-refractivity contribution in [2.45, 2.75) is 13.0 Å². The summed E-state index contributed by atoms with van der Waals surface area (Å²) in [4.78, 5) is 0. The van der Waals surface area contributed by atoms with E-state index in [4.69, 9.17) is 16.6 Å². The number of fused-ring (bicyclic) bond motifs is 2. The predicted octanol–water partition coefficient (Wildman–Crippen LogP) is 5.63. The second-order valence-electron chi connectivity index (χ2n) is 6.07. The maximum Gasteiger partial charge on any atom is 0.171 e. The highest BCUT2D eigenvalue weighted by Crippen LogP contribution is 2.24. The van der Waals surface area contributed by atoms with Crippen LogP contribution in [-0.4, -0.2) is 5.11 Å². The van der Waals surface area contributed by atoms with Crippen molar-refractivity contribution in [3.8, 4) is 0 Å². The van der Waals surface area contributed by atoms with Crippen molar-refractivity contribution in [1.82, 2.24) is 5.32 Å². The van der Waals surface area contributed by atoms with Crippen LogP contribution in [0, 0.1) is 0 Å². The van der Waals surface area contributed by atoms with Crippen LogP contribution in [0.4, 0.5) is 5.69 Å². The van der Waals surface area contributed by atoms with E-state index >= 15 is 0 Å². The fraction of sp³-hybridized carbons (Fsp3) is 0.0952. The average Bonchev–Trinajstić information content (AvgIpc) is 3.06. The topological polar surface area (TPSA) is 37.2 Å². The third kappa shape index (κ3) is 3.35. The fourth-order valence-corrected chi connectivity index (χ4v) is 3.21. The summed E-state index contributed by atoms with van der Waals surface area (Å²) in [7, 11) is 0. The number of furan rings is 1. The van der Waals surface area contributed by atoms with Crippen LogP contribution in [-0.2, 0) is 0 Å². The molecule has 0 fully saturated rings. The molecule has 25 heavy (non-hydrogen) atoms. The van der Waals surface area contributed by atoms with Gasteiger partial charge in [-0.15, -0.1) is 0 Å². The Morgan fingerprint density at radius 1 is 0.880 bits per heavy atom. The second-order valence-corrected chi connectivity index (χ2v) is 6.48. The van der Waals surface area contributed by atoms with E-state index in [0.29, 0.717) is 5.11 Å². The van der Waals surface area contributed by atoms with Gasteiger partial charge in [0.15, 0.2) is 5.11 Å². The van der Waals surface area contributed by atoms with Crippen LogP contribution in [0.15, 0.2) is 77.2 Å². The van der Waals surface area contributed by atoms with Crippen molar-refractivity contribution in [2.24, 2.45) is 0 Å². The minimum absolute atomic E-state index is 0.0205. The van der Waals surface area contributed by atoms with E-state index in [2.05, 4.69) is 34.9 Å². The van der Waals surface area contributed by atoms with Crippen LogP contribution in [0.3, 0.4) is 0 Å². The first-order chi connectivity index (χ1) is 12.2. The van der Waals surface area contributed by atoms with Crippen molar-refractivity contribution >= 4 is 44.8 Å². The largest absolute Gasteiger partial charge is 0.459 e. The zero-order chi connectivity index (χ0) is 17.2. The quantitative estimate of drug-likeness (QED) is 0.471. The van der Waals surface area contributed by atoms with E-state index in [-0.39, 0.29) is 6.04 Å². The van der Waals surface area contributed by atoms with Gasteiger partial charge in [0, 0.05) is 11.1 Å². The first kappa shape index (κ1) is 15.7. The molecule has 4 rings (SSSR count). The van der Waals surface area contributed by atoms with Gasteiger partial charge in [0.05, 0.1) is 6.04 Å². The van der Waals surface area contributed by atoms with Gasteiger partial charge in [0.25, 0.3) is 0 Å². The van der Waals surface area contributed by atoms with Gasteiger partial charge in [-0.05, 0) is 54.2 Å². The number of anilines is 1. The number of hydrogen-bond donors (Lipinski definition) is 2. The third-order valence-corrected chi connectivity index (χ3v) is 4.45. The van der Waals surface area contributed by atoms with Crippen molar-refractivity contribution < 1.29 is 4.42 Å². The minimum atomic E-state index is -0.0205. The Bertz CT molecular complexity index is 1020. The molecular weight excluding hydrogens is 328 g/mol. The average molecular weight is 346 g/mol. The standard InChI is InChI=1S/C21H18N2OS/c1-14(20-13-17-8-4-5-9-19(17)24-20)22-21(25)23-18-11-10-15-6-2-3-7-16(15)12-18/h2-14H,1H3,(H2,22,23,25)/t14-/m0/s1. The van der Waals surface area contributed by atoms with E-state index < -0.39 is 0 Å². The van der Waals surface area contributed by atoms with Crippen molar-refractivity contribution in [3.05, 3.63) is 78.6 Å². The zero-order valence-corrected chi connectivity index (χ0v) is 14.6. The van der Waals surface area contributed by atoms with Gasteiger partial charge in [0.2, 0.25) is 0 Å². The zero-order valence-electron chi connectivity index (χ0n) is 13.8. The molecule has 3 aromatic carbocycles. The highest BCUT2D eigenvalue weighted by molar-refractivity contribution is 7.80.